The van der Waals surface area contributed by atoms with E-state index in [1.54, 1.807) is 0 Å². The van der Waals surface area contributed by atoms with Crippen LogP contribution in [0.3, 0.4) is 0 Å². The van der Waals surface area contributed by atoms with Crippen molar-refractivity contribution in [2.45, 2.75) is 51.7 Å². The summed E-state index contributed by atoms with van der Waals surface area (Å²) < 4.78 is 5.41. The van der Waals surface area contributed by atoms with Crippen LogP contribution in [0.5, 0.6) is 0 Å². The standard InChI is InChI=1S/C13H22BrNO2/c1-10(7-8-14)11-6-5-9-15(11)12(16)17-13(2,3)4/h11H,1,5-9H2,2-4H3. The molecule has 0 bridgehead atoms. The second-order valence-corrected chi connectivity index (χ2v) is 6.22. The van der Waals surface area contributed by atoms with E-state index in [9.17, 15) is 4.79 Å². The fraction of sp³-hybridized carbons (Fsp3) is 0.769. The highest BCUT2D eigenvalue weighted by molar-refractivity contribution is 9.09. The smallest absolute Gasteiger partial charge is 0.410 e. The number of hydrogen-bond acceptors (Lipinski definition) is 2. The van der Waals surface area contributed by atoms with E-state index in [4.69, 9.17) is 4.74 Å². The van der Waals surface area contributed by atoms with Gasteiger partial charge in [-0.05, 0) is 40.0 Å². The molecule has 1 amide bonds. The molecule has 0 aromatic heterocycles. The molecule has 0 aromatic rings. The molecular formula is C13H22BrNO2. The van der Waals surface area contributed by atoms with Gasteiger partial charge < -0.3 is 9.64 Å². The van der Waals surface area contributed by atoms with Crippen molar-refractivity contribution in [1.82, 2.24) is 4.90 Å². The van der Waals surface area contributed by atoms with Crippen LogP contribution in [0.1, 0.15) is 40.0 Å². The van der Waals surface area contributed by atoms with Crippen LogP contribution in [0.25, 0.3) is 0 Å². The maximum Gasteiger partial charge on any atom is 0.410 e. The maximum atomic E-state index is 12.0. The highest BCUT2D eigenvalue weighted by atomic mass is 79.9. The average molecular weight is 304 g/mol. The van der Waals surface area contributed by atoms with Gasteiger partial charge in [0, 0.05) is 11.9 Å². The lowest BCUT2D eigenvalue weighted by atomic mass is 10.0. The van der Waals surface area contributed by atoms with Crippen LogP contribution in [0.4, 0.5) is 4.79 Å². The number of alkyl halides is 1. The van der Waals surface area contributed by atoms with Crippen molar-refractivity contribution in [2.75, 3.05) is 11.9 Å². The molecule has 1 atom stereocenters. The summed E-state index contributed by atoms with van der Waals surface area (Å²) >= 11 is 3.41. The Balaban J connectivity index is 2.63. The fourth-order valence-electron chi connectivity index (χ4n) is 2.02. The molecule has 1 saturated heterocycles. The number of carbonyl (C=O) groups is 1. The van der Waals surface area contributed by atoms with Crippen molar-refractivity contribution >= 4 is 22.0 Å². The third kappa shape index (κ3) is 4.34. The van der Waals surface area contributed by atoms with Crippen molar-refractivity contribution < 1.29 is 9.53 Å². The van der Waals surface area contributed by atoms with Crippen molar-refractivity contribution in [2.24, 2.45) is 0 Å². The van der Waals surface area contributed by atoms with Crippen LogP contribution in [0.2, 0.25) is 0 Å². The second kappa shape index (κ2) is 5.89. The van der Waals surface area contributed by atoms with E-state index < -0.39 is 5.60 Å². The summed E-state index contributed by atoms with van der Waals surface area (Å²) in [6, 6.07) is 0.155. The molecule has 4 heteroatoms. The van der Waals surface area contributed by atoms with Gasteiger partial charge in [-0.3, -0.25) is 0 Å². The molecule has 1 heterocycles. The summed E-state index contributed by atoms with van der Waals surface area (Å²) in [7, 11) is 0. The number of nitrogens with zero attached hydrogens (tertiary/aromatic N) is 1. The van der Waals surface area contributed by atoms with E-state index in [1.807, 2.05) is 25.7 Å². The van der Waals surface area contributed by atoms with Crippen LogP contribution in [-0.2, 0) is 4.74 Å². The molecule has 0 spiro atoms. The van der Waals surface area contributed by atoms with Gasteiger partial charge in [-0.15, -0.1) is 0 Å². The fourth-order valence-corrected chi connectivity index (χ4v) is 2.53. The third-order valence-electron chi connectivity index (χ3n) is 2.77. The number of ether oxygens (including phenoxy) is 1. The number of carbonyl (C=O) groups excluding carboxylic acids is 1. The van der Waals surface area contributed by atoms with Gasteiger partial charge in [0.2, 0.25) is 0 Å². The van der Waals surface area contributed by atoms with Crippen LogP contribution < -0.4 is 0 Å². The first kappa shape index (κ1) is 14.6. The summed E-state index contributed by atoms with van der Waals surface area (Å²) in [6.07, 6.45) is 2.73. The molecule has 0 N–H and O–H groups in total. The van der Waals surface area contributed by atoms with Crippen LogP contribution >= 0.6 is 15.9 Å². The SMILES string of the molecule is C=C(CCBr)C1CCCN1C(=O)OC(C)(C)C. The summed E-state index contributed by atoms with van der Waals surface area (Å²) in [5.41, 5.74) is 0.686. The van der Waals surface area contributed by atoms with Crippen molar-refractivity contribution in [1.29, 1.82) is 0 Å². The van der Waals surface area contributed by atoms with Gasteiger partial charge in [0.25, 0.3) is 0 Å². The molecule has 1 rings (SSSR count). The van der Waals surface area contributed by atoms with E-state index in [0.717, 1.165) is 36.7 Å². The van der Waals surface area contributed by atoms with Gasteiger partial charge in [0.1, 0.15) is 5.60 Å². The van der Waals surface area contributed by atoms with Gasteiger partial charge in [0.05, 0.1) is 6.04 Å². The number of hydrogen-bond donors (Lipinski definition) is 0. The molecule has 0 aliphatic carbocycles. The van der Waals surface area contributed by atoms with E-state index in [2.05, 4.69) is 22.5 Å². The average Bonchev–Trinajstić information content (AvgIpc) is 2.63. The first-order valence-corrected chi connectivity index (χ1v) is 7.20. The quantitative estimate of drug-likeness (QED) is 0.587. The zero-order chi connectivity index (χ0) is 13.1. The molecule has 1 fully saturated rings. The molecule has 1 aliphatic heterocycles. The van der Waals surface area contributed by atoms with E-state index in [1.165, 1.54) is 0 Å². The molecule has 0 saturated carbocycles. The summed E-state index contributed by atoms with van der Waals surface area (Å²) in [5, 5.41) is 0.893. The van der Waals surface area contributed by atoms with Crippen LogP contribution in [-0.4, -0.2) is 34.5 Å². The molecule has 0 aromatic carbocycles. The molecule has 1 unspecified atom stereocenters. The Morgan fingerprint density at radius 2 is 2.18 bits per heavy atom. The molecule has 0 radical (unpaired) electrons. The Hall–Kier alpha value is -0.510. The van der Waals surface area contributed by atoms with Gasteiger partial charge in [-0.1, -0.05) is 28.1 Å². The lowest BCUT2D eigenvalue weighted by Gasteiger charge is -2.29. The molecule has 1 aliphatic rings. The largest absolute Gasteiger partial charge is 0.444 e. The minimum absolute atomic E-state index is 0.155. The van der Waals surface area contributed by atoms with Crippen LogP contribution in [0.15, 0.2) is 12.2 Å². The van der Waals surface area contributed by atoms with Crippen molar-refractivity contribution in [3.63, 3.8) is 0 Å². The normalized spacial score (nSPS) is 20.5. The van der Waals surface area contributed by atoms with E-state index in [-0.39, 0.29) is 12.1 Å². The third-order valence-corrected chi connectivity index (χ3v) is 3.16. The van der Waals surface area contributed by atoms with Gasteiger partial charge in [-0.25, -0.2) is 4.79 Å². The van der Waals surface area contributed by atoms with Crippen molar-refractivity contribution in [3.8, 4) is 0 Å². The number of amides is 1. The van der Waals surface area contributed by atoms with Crippen LogP contribution in [0, 0.1) is 0 Å². The maximum absolute atomic E-state index is 12.0. The lowest BCUT2D eigenvalue weighted by Crippen LogP contribution is -2.40. The van der Waals surface area contributed by atoms with Gasteiger partial charge in [0.15, 0.2) is 0 Å². The minimum Gasteiger partial charge on any atom is -0.444 e. The molecule has 98 valence electrons. The zero-order valence-corrected chi connectivity index (χ0v) is 12.5. The number of rotatable bonds is 3. The molecular weight excluding hydrogens is 282 g/mol. The van der Waals surface area contributed by atoms with E-state index in [0.29, 0.717) is 0 Å². The zero-order valence-electron chi connectivity index (χ0n) is 11.0. The molecule has 17 heavy (non-hydrogen) atoms. The number of halogens is 1. The number of likely N-dealkylation sites (tertiary alicyclic amines) is 1. The summed E-state index contributed by atoms with van der Waals surface area (Å²) in [5.74, 6) is 0. The Bertz CT molecular complexity index is 296. The topological polar surface area (TPSA) is 29.5 Å². The van der Waals surface area contributed by atoms with Gasteiger partial charge >= 0.3 is 6.09 Å². The first-order valence-electron chi connectivity index (χ1n) is 6.08. The second-order valence-electron chi connectivity index (χ2n) is 5.43. The Kier molecular flexibility index (Phi) is 5.04. The highest BCUT2D eigenvalue weighted by Gasteiger charge is 2.33. The summed E-state index contributed by atoms with van der Waals surface area (Å²) in [4.78, 5) is 13.8. The minimum atomic E-state index is -0.430. The highest BCUT2D eigenvalue weighted by Crippen LogP contribution is 2.26. The molecule has 3 nitrogen and oxygen atoms in total. The Morgan fingerprint density at radius 3 is 2.71 bits per heavy atom. The van der Waals surface area contributed by atoms with Gasteiger partial charge in [-0.2, -0.15) is 0 Å². The van der Waals surface area contributed by atoms with Crippen molar-refractivity contribution in [3.05, 3.63) is 12.2 Å². The monoisotopic (exact) mass is 303 g/mol. The predicted octanol–water partition coefficient (Wildman–Crippen LogP) is 3.73. The lowest BCUT2D eigenvalue weighted by molar-refractivity contribution is 0.0248. The summed E-state index contributed by atoms with van der Waals surface area (Å²) in [6.45, 7) is 10.5. The predicted molar refractivity (Wildman–Crippen MR) is 73.5 cm³/mol. The Labute approximate surface area is 112 Å². The Morgan fingerprint density at radius 1 is 1.53 bits per heavy atom. The van der Waals surface area contributed by atoms with E-state index >= 15 is 0 Å². The first-order chi connectivity index (χ1) is 7.85.